The summed E-state index contributed by atoms with van der Waals surface area (Å²) in [5, 5.41) is 5.54. The van der Waals surface area contributed by atoms with Gasteiger partial charge in [0.1, 0.15) is 11.8 Å². The molecule has 1 aliphatic rings. The zero-order chi connectivity index (χ0) is 18.5. The van der Waals surface area contributed by atoms with E-state index in [0.29, 0.717) is 5.76 Å². The van der Waals surface area contributed by atoms with Gasteiger partial charge in [0, 0.05) is 17.1 Å². The summed E-state index contributed by atoms with van der Waals surface area (Å²) in [6.45, 7) is 0. The van der Waals surface area contributed by atoms with E-state index in [0.717, 1.165) is 35.7 Å². The molecule has 0 aliphatic heterocycles. The Morgan fingerprint density at radius 3 is 2.42 bits per heavy atom. The molecule has 3 rings (SSSR count). The van der Waals surface area contributed by atoms with Gasteiger partial charge >= 0.3 is 0 Å². The van der Waals surface area contributed by atoms with Crippen molar-refractivity contribution in [2.24, 2.45) is 5.92 Å². The van der Waals surface area contributed by atoms with Crippen LogP contribution in [0.4, 0.5) is 0 Å². The van der Waals surface area contributed by atoms with Gasteiger partial charge in [-0.3, -0.25) is 9.59 Å². The number of amides is 2. The monoisotopic (exact) mass is 418 g/mol. The molecule has 1 aromatic carbocycles. The first kappa shape index (κ1) is 18.7. The average Bonchev–Trinajstić information content (AvgIpc) is 3.17. The number of halogens is 1. The Morgan fingerprint density at radius 2 is 1.77 bits per heavy atom. The number of furan rings is 1. The maximum absolute atomic E-state index is 12.6. The molecular formula is C20H23BrN2O3. The van der Waals surface area contributed by atoms with E-state index in [-0.39, 0.29) is 23.5 Å². The predicted octanol–water partition coefficient (Wildman–Crippen LogP) is 4.13. The smallest absolute Gasteiger partial charge is 0.287 e. The second-order valence-corrected chi connectivity index (χ2v) is 7.55. The number of nitrogens with one attached hydrogen (secondary N) is 2. The van der Waals surface area contributed by atoms with Gasteiger partial charge in [0.25, 0.3) is 5.91 Å². The third-order valence-corrected chi connectivity index (χ3v) is 5.42. The van der Waals surface area contributed by atoms with Crippen LogP contribution in [0.3, 0.4) is 0 Å². The number of hydrogen-bond donors (Lipinski definition) is 2. The van der Waals surface area contributed by atoms with Gasteiger partial charge in [-0.05, 0) is 43.0 Å². The van der Waals surface area contributed by atoms with Gasteiger partial charge in [-0.2, -0.15) is 0 Å². The highest BCUT2D eigenvalue weighted by molar-refractivity contribution is 9.10. The Kier molecular flexibility index (Phi) is 6.14. The third-order valence-electron chi connectivity index (χ3n) is 4.90. The summed E-state index contributed by atoms with van der Waals surface area (Å²) in [6, 6.07) is 10.6. The van der Waals surface area contributed by atoms with Crippen LogP contribution in [0.15, 0.2) is 45.3 Å². The molecule has 1 atom stereocenters. The molecule has 0 bridgehead atoms. The SMILES string of the molecule is CNC(=O)[C@@H](NC(=O)c1ccc(-c2ccc(Br)cc2)o1)C1CCCCC1. The van der Waals surface area contributed by atoms with Crippen LogP contribution in [0, 0.1) is 5.92 Å². The van der Waals surface area contributed by atoms with Crippen LogP contribution in [-0.4, -0.2) is 24.9 Å². The molecule has 1 saturated carbocycles. The van der Waals surface area contributed by atoms with E-state index < -0.39 is 6.04 Å². The summed E-state index contributed by atoms with van der Waals surface area (Å²) in [4.78, 5) is 24.9. The molecular weight excluding hydrogens is 396 g/mol. The fourth-order valence-electron chi connectivity index (χ4n) is 3.46. The quantitative estimate of drug-likeness (QED) is 0.766. The lowest BCUT2D eigenvalue weighted by Crippen LogP contribution is -2.50. The Morgan fingerprint density at radius 1 is 1.08 bits per heavy atom. The van der Waals surface area contributed by atoms with Gasteiger partial charge in [-0.25, -0.2) is 0 Å². The zero-order valence-corrected chi connectivity index (χ0v) is 16.3. The molecule has 0 unspecified atom stereocenters. The van der Waals surface area contributed by atoms with E-state index in [2.05, 4.69) is 26.6 Å². The second kappa shape index (κ2) is 8.54. The summed E-state index contributed by atoms with van der Waals surface area (Å²) >= 11 is 3.40. The van der Waals surface area contributed by atoms with Crippen molar-refractivity contribution in [3.63, 3.8) is 0 Å². The van der Waals surface area contributed by atoms with Crippen molar-refractivity contribution in [2.75, 3.05) is 7.05 Å². The normalized spacial score (nSPS) is 16.1. The van der Waals surface area contributed by atoms with Crippen molar-refractivity contribution < 1.29 is 14.0 Å². The van der Waals surface area contributed by atoms with Crippen molar-refractivity contribution in [1.82, 2.24) is 10.6 Å². The molecule has 2 N–H and O–H groups in total. The number of hydrogen-bond acceptors (Lipinski definition) is 3. The largest absolute Gasteiger partial charge is 0.451 e. The van der Waals surface area contributed by atoms with E-state index in [4.69, 9.17) is 4.42 Å². The number of carbonyl (C=O) groups is 2. The highest BCUT2D eigenvalue weighted by Gasteiger charge is 2.31. The molecule has 6 heteroatoms. The first-order valence-electron chi connectivity index (χ1n) is 8.96. The van der Waals surface area contributed by atoms with Crippen LogP contribution in [0.5, 0.6) is 0 Å². The van der Waals surface area contributed by atoms with Crippen molar-refractivity contribution >= 4 is 27.7 Å². The van der Waals surface area contributed by atoms with Crippen LogP contribution < -0.4 is 10.6 Å². The number of benzene rings is 1. The van der Waals surface area contributed by atoms with E-state index >= 15 is 0 Å². The maximum Gasteiger partial charge on any atom is 0.287 e. The standard InChI is InChI=1S/C20H23BrN2O3/c1-22-20(25)18(14-5-3-2-4-6-14)23-19(24)17-12-11-16(26-17)13-7-9-15(21)10-8-13/h7-12,14,18H,2-6H2,1H3,(H,22,25)(H,23,24)/t18-/m0/s1. The van der Waals surface area contributed by atoms with Gasteiger partial charge in [0.05, 0.1) is 0 Å². The van der Waals surface area contributed by atoms with Crippen molar-refractivity contribution in [1.29, 1.82) is 0 Å². The Bertz CT molecular complexity index is 764. The Labute approximate surface area is 161 Å². The van der Waals surface area contributed by atoms with Crippen molar-refractivity contribution in [3.05, 3.63) is 46.6 Å². The van der Waals surface area contributed by atoms with Crippen molar-refractivity contribution in [2.45, 2.75) is 38.1 Å². The van der Waals surface area contributed by atoms with E-state index in [1.54, 1.807) is 19.2 Å². The lowest BCUT2D eigenvalue weighted by molar-refractivity contribution is -0.124. The van der Waals surface area contributed by atoms with Crippen LogP contribution in [-0.2, 0) is 4.79 Å². The molecule has 1 aliphatic carbocycles. The number of carbonyl (C=O) groups excluding carboxylic acids is 2. The number of likely N-dealkylation sites (N-methyl/N-ethyl adjacent to an activating group) is 1. The van der Waals surface area contributed by atoms with Gasteiger partial charge in [0.15, 0.2) is 5.76 Å². The van der Waals surface area contributed by atoms with Crippen LogP contribution in [0.1, 0.15) is 42.7 Å². The number of rotatable bonds is 5. The Hall–Kier alpha value is -2.08. The Balaban J connectivity index is 1.73. The lowest BCUT2D eigenvalue weighted by Gasteiger charge is -2.29. The summed E-state index contributed by atoms with van der Waals surface area (Å²) in [5.74, 6) is 0.510. The van der Waals surface area contributed by atoms with Crippen LogP contribution in [0.2, 0.25) is 0 Å². The highest BCUT2D eigenvalue weighted by Crippen LogP contribution is 2.28. The molecule has 1 heterocycles. The first-order chi connectivity index (χ1) is 12.6. The summed E-state index contributed by atoms with van der Waals surface area (Å²) in [5.41, 5.74) is 0.891. The molecule has 2 aromatic rings. The topological polar surface area (TPSA) is 71.3 Å². The molecule has 0 radical (unpaired) electrons. The molecule has 26 heavy (non-hydrogen) atoms. The highest BCUT2D eigenvalue weighted by atomic mass is 79.9. The van der Waals surface area contributed by atoms with E-state index in [9.17, 15) is 9.59 Å². The van der Waals surface area contributed by atoms with Gasteiger partial charge in [0.2, 0.25) is 5.91 Å². The first-order valence-corrected chi connectivity index (χ1v) is 9.76. The predicted molar refractivity (Wildman–Crippen MR) is 104 cm³/mol. The molecule has 1 fully saturated rings. The molecule has 0 spiro atoms. The molecule has 1 aromatic heterocycles. The minimum absolute atomic E-state index is 0.148. The van der Waals surface area contributed by atoms with E-state index in [1.807, 2.05) is 24.3 Å². The summed E-state index contributed by atoms with van der Waals surface area (Å²) in [6.07, 6.45) is 5.31. The fourth-order valence-corrected chi connectivity index (χ4v) is 3.73. The molecule has 2 amide bonds. The van der Waals surface area contributed by atoms with Crippen LogP contribution >= 0.6 is 15.9 Å². The minimum Gasteiger partial charge on any atom is -0.451 e. The van der Waals surface area contributed by atoms with Gasteiger partial charge in [-0.15, -0.1) is 0 Å². The maximum atomic E-state index is 12.6. The minimum atomic E-state index is -0.519. The molecule has 5 nitrogen and oxygen atoms in total. The van der Waals surface area contributed by atoms with E-state index in [1.165, 1.54) is 6.42 Å². The zero-order valence-electron chi connectivity index (χ0n) is 14.8. The summed E-state index contributed by atoms with van der Waals surface area (Å²) in [7, 11) is 1.60. The molecule has 138 valence electrons. The van der Waals surface area contributed by atoms with Crippen LogP contribution in [0.25, 0.3) is 11.3 Å². The average molecular weight is 419 g/mol. The van der Waals surface area contributed by atoms with Crippen molar-refractivity contribution in [3.8, 4) is 11.3 Å². The van der Waals surface area contributed by atoms with Gasteiger partial charge < -0.3 is 15.1 Å². The van der Waals surface area contributed by atoms with Gasteiger partial charge in [-0.1, -0.05) is 47.3 Å². The third kappa shape index (κ3) is 4.36. The second-order valence-electron chi connectivity index (χ2n) is 6.63. The fraction of sp³-hybridized carbons (Fsp3) is 0.400. The molecule has 0 saturated heterocycles. The summed E-state index contributed by atoms with van der Waals surface area (Å²) < 4.78 is 6.69. The lowest BCUT2D eigenvalue weighted by atomic mass is 9.83.